The summed E-state index contributed by atoms with van der Waals surface area (Å²) in [7, 11) is 1.30. The summed E-state index contributed by atoms with van der Waals surface area (Å²) in [5.74, 6) is -2.83. The van der Waals surface area contributed by atoms with Crippen molar-refractivity contribution in [2.75, 3.05) is 7.11 Å². The summed E-state index contributed by atoms with van der Waals surface area (Å²) in [6.45, 7) is 4.53. The van der Waals surface area contributed by atoms with Crippen molar-refractivity contribution in [3.63, 3.8) is 0 Å². The van der Waals surface area contributed by atoms with Gasteiger partial charge in [0, 0.05) is 24.0 Å². The van der Waals surface area contributed by atoms with Crippen molar-refractivity contribution < 1.29 is 38.5 Å². The number of cyclic esters (lactones) is 1. The van der Waals surface area contributed by atoms with Crippen LogP contribution in [-0.2, 0) is 33.4 Å². The van der Waals surface area contributed by atoms with Gasteiger partial charge in [-0.3, -0.25) is 9.59 Å². The van der Waals surface area contributed by atoms with Gasteiger partial charge in [-0.2, -0.15) is 0 Å². The Morgan fingerprint density at radius 3 is 2.58 bits per heavy atom. The first-order valence-corrected chi connectivity index (χ1v) is 10.3. The standard InChI is InChI=1S/C23H28O8/c1-14(18(25)26)6-5-10-21(3)17-9-12-22(20(28)31-21)11-7-16(19(27)29-4)8-13-23(17,22)30-15(2)24/h5-7,10,17H,8-9,11-13H2,1-4H3,(H,25,26)/b10-5+,14-6+/t17-,21-,22+,23+/m1/s1. The predicted octanol–water partition coefficient (Wildman–Crippen LogP) is 2.87. The van der Waals surface area contributed by atoms with E-state index in [1.165, 1.54) is 27.0 Å². The van der Waals surface area contributed by atoms with Crippen LogP contribution in [0.4, 0.5) is 0 Å². The Kier molecular flexibility index (Phi) is 5.86. The number of hydrogen-bond acceptors (Lipinski definition) is 7. The highest BCUT2D eigenvalue weighted by Crippen LogP contribution is 2.65. The highest BCUT2D eigenvalue weighted by molar-refractivity contribution is 5.89. The molecule has 1 aliphatic heterocycles. The first-order chi connectivity index (χ1) is 14.5. The van der Waals surface area contributed by atoms with E-state index in [9.17, 15) is 19.2 Å². The van der Waals surface area contributed by atoms with Gasteiger partial charge in [-0.25, -0.2) is 9.59 Å². The largest absolute Gasteiger partial charge is 0.478 e. The topological polar surface area (TPSA) is 116 Å². The van der Waals surface area contributed by atoms with Gasteiger partial charge in [0.25, 0.3) is 0 Å². The average molecular weight is 432 g/mol. The molecular weight excluding hydrogens is 404 g/mol. The number of allylic oxidation sites excluding steroid dienone is 3. The van der Waals surface area contributed by atoms with Crippen molar-refractivity contribution >= 4 is 23.9 Å². The molecule has 0 amide bonds. The lowest BCUT2D eigenvalue weighted by Crippen LogP contribution is -2.65. The molecule has 4 atom stereocenters. The van der Waals surface area contributed by atoms with Crippen LogP contribution in [0.15, 0.2) is 35.5 Å². The zero-order chi connectivity index (χ0) is 23.0. The number of carboxylic acid groups (broad SMARTS) is 1. The highest BCUT2D eigenvalue weighted by atomic mass is 16.6. The molecule has 1 saturated heterocycles. The minimum Gasteiger partial charge on any atom is -0.478 e. The Bertz CT molecular complexity index is 913. The van der Waals surface area contributed by atoms with Gasteiger partial charge in [0.05, 0.1) is 7.11 Å². The molecule has 1 N–H and O–H groups in total. The maximum Gasteiger partial charge on any atom is 0.333 e. The maximum atomic E-state index is 13.4. The van der Waals surface area contributed by atoms with E-state index in [2.05, 4.69) is 0 Å². The molecule has 2 aliphatic carbocycles. The molecule has 0 aromatic heterocycles. The molecule has 0 radical (unpaired) electrons. The molecule has 8 heteroatoms. The van der Waals surface area contributed by atoms with E-state index >= 15 is 0 Å². The summed E-state index contributed by atoms with van der Waals surface area (Å²) in [5, 5.41) is 9.06. The number of carbonyl (C=O) groups excluding carboxylic acids is 3. The fourth-order valence-electron chi connectivity index (χ4n) is 5.45. The predicted molar refractivity (Wildman–Crippen MR) is 109 cm³/mol. The van der Waals surface area contributed by atoms with Gasteiger partial charge in [0.1, 0.15) is 16.6 Å². The zero-order valence-electron chi connectivity index (χ0n) is 18.2. The van der Waals surface area contributed by atoms with Crippen molar-refractivity contribution in [3.05, 3.63) is 35.5 Å². The molecule has 0 spiro atoms. The molecule has 0 unspecified atom stereocenters. The maximum absolute atomic E-state index is 13.4. The number of hydrogen-bond donors (Lipinski definition) is 1. The molecule has 31 heavy (non-hydrogen) atoms. The molecule has 2 bridgehead atoms. The van der Waals surface area contributed by atoms with E-state index in [1.54, 1.807) is 25.2 Å². The van der Waals surface area contributed by atoms with Crippen LogP contribution < -0.4 is 0 Å². The van der Waals surface area contributed by atoms with Crippen LogP contribution in [0.3, 0.4) is 0 Å². The van der Waals surface area contributed by atoms with Gasteiger partial charge in [0.2, 0.25) is 0 Å². The first kappa shape index (κ1) is 22.8. The van der Waals surface area contributed by atoms with E-state index in [1.807, 2.05) is 0 Å². The quantitative estimate of drug-likeness (QED) is 0.305. The van der Waals surface area contributed by atoms with E-state index < -0.39 is 40.5 Å². The fraction of sp³-hybridized carbons (Fsp3) is 0.565. The molecule has 3 rings (SSSR count). The Hall–Kier alpha value is -2.90. The van der Waals surface area contributed by atoms with Gasteiger partial charge in [-0.05, 0) is 52.0 Å². The third kappa shape index (κ3) is 3.58. The van der Waals surface area contributed by atoms with E-state index in [0.717, 1.165) is 0 Å². The smallest absolute Gasteiger partial charge is 0.333 e. The fourth-order valence-corrected chi connectivity index (χ4v) is 5.45. The number of esters is 3. The van der Waals surface area contributed by atoms with Crippen LogP contribution in [0.1, 0.15) is 52.9 Å². The second-order valence-corrected chi connectivity index (χ2v) is 8.67. The Morgan fingerprint density at radius 2 is 1.97 bits per heavy atom. The Morgan fingerprint density at radius 1 is 1.26 bits per heavy atom. The van der Waals surface area contributed by atoms with Gasteiger partial charge in [0.15, 0.2) is 0 Å². The molecule has 3 aliphatic rings. The molecule has 1 saturated carbocycles. The summed E-state index contributed by atoms with van der Waals surface area (Å²) in [6, 6.07) is 0. The third-order valence-electron chi connectivity index (χ3n) is 6.97. The van der Waals surface area contributed by atoms with Gasteiger partial charge in [-0.15, -0.1) is 0 Å². The summed E-state index contributed by atoms with van der Waals surface area (Å²) in [4.78, 5) is 48.8. The van der Waals surface area contributed by atoms with Crippen LogP contribution in [0, 0.1) is 11.3 Å². The van der Waals surface area contributed by atoms with Crippen LogP contribution in [0.25, 0.3) is 0 Å². The number of rotatable bonds is 5. The SMILES string of the molecule is COC(=O)C1=CC[C@]23CC[C@H]([C@@](C)(/C=C/C=C(\C)C(=O)O)OC2=O)[C@@]3(OC(C)=O)CC1. The van der Waals surface area contributed by atoms with Gasteiger partial charge in [-0.1, -0.05) is 18.2 Å². The van der Waals surface area contributed by atoms with Crippen LogP contribution in [-0.4, -0.2) is 47.3 Å². The first-order valence-electron chi connectivity index (χ1n) is 10.3. The Balaban J connectivity index is 2.07. The van der Waals surface area contributed by atoms with Crippen molar-refractivity contribution in [1.82, 2.24) is 0 Å². The molecule has 0 aromatic rings. The van der Waals surface area contributed by atoms with Crippen molar-refractivity contribution in [3.8, 4) is 0 Å². The van der Waals surface area contributed by atoms with Crippen LogP contribution in [0.5, 0.6) is 0 Å². The van der Waals surface area contributed by atoms with Crippen LogP contribution in [0.2, 0.25) is 0 Å². The molecular formula is C23H28O8. The number of carbonyl (C=O) groups is 4. The highest BCUT2D eigenvalue weighted by Gasteiger charge is 2.74. The summed E-state index contributed by atoms with van der Waals surface area (Å²) >= 11 is 0. The molecule has 1 heterocycles. The van der Waals surface area contributed by atoms with E-state index in [4.69, 9.17) is 19.3 Å². The lowest BCUT2D eigenvalue weighted by molar-refractivity contribution is -0.235. The van der Waals surface area contributed by atoms with Gasteiger partial charge >= 0.3 is 23.9 Å². The zero-order valence-corrected chi connectivity index (χ0v) is 18.2. The summed E-state index contributed by atoms with van der Waals surface area (Å²) < 4.78 is 16.7. The lowest BCUT2D eigenvalue weighted by Gasteiger charge is -2.54. The Labute approximate surface area is 180 Å². The van der Waals surface area contributed by atoms with E-state index in [0.29, 0.717) is 31.3 Å². The molecule has 8 nitrogen and oxygen atoms in total. The minimum atomic E-state index is -1.13. The van der Waals surface area contributed by atoms with Crippen molar-refractivity contribution in [2.24, 2.45) is 11.3 Å². The summed E-state index contributed by atoms with van der Waals surface area (Å²) in [5.41, 5.74) is -2.71. The van der Waals surface area contributed by atoms with Crippen molar-refractivity contribution in [1.29, 1.82) is 0 Å². The molecule has 168 valence electrons. The monoisotopic (exact) mass is 432 g/mol. The second-order valence-electron chi connectivity index (χ2n) is 8.67. The van der Waals surface area contributed by atoms with E-state index in [-0.39, 0.29) is 17.9 Å². The second kappa shape index (κ2) is 7.98. The minimum absolute atomic E-state index is 0.138. The third-order valence-corrected chi connectivity index (χ3v) is 6.97. The number of methoxy groups -OCH3 is 1. The molecule has 0 aromatic carbocycles. The molecule has 2 fully saturated rings. The average Bonchev–Trinajstić information content (AvgIpc) is 2.84. The lowest BCUT2D eigenvalue weighted by atomic mass is 9.62. The number of ether oxygens (including phenoxy) is 3. The number of aliphatic carboxylic acids is 1. The van der Waals surface area contributed by atoms with Crippen LogP contribution >= 0.6 is 0 Å². The number of carboxylic acids is 1. The van der Waals surface area contributed by atoms with Crippen molar-refractivity contribution in [2.45, 2.75) is 64.1 Å². The summed E-state index contributed by atoms with van der Waals surface area (Å²) in [6.07, 6.45) is 8.21. The van der Waals surface area contributed by atoms with Gasteiger partial charge < -0.3 is 19.3 Å². The normalized spacial score (nSPS) is 35.0.